The van der Waals surface area contributed by atoms with E-state index < -0.39 is 9.84 Å². The molecule has 96 valence electrons. The van der Waals surface area contributed by atoms with Crippen LogP contribution in [0, 0.1) is 6.92 Å². The second-order valence-corrected chi connectivity index (χ2v) is 6.98. The van der Waals surface area contributed by atoms with E-state index >= 15 is 0 Å². The number of aryl methyl sites for hydroxylation is 1. The van der Waals surface area contributed by atoms with Crippen molar-refractivity contribution in [1.82, 2.24) is 5.32 Å². The second-order valence-electron chi connectivity index (χ2n) is 4.80. The minimum absolute atomic E-state index is 0.0412. The second kappa shape index (κ2) is 5.65. The number of hydrogen-bond acceptors (Lipinski definition) is 3. The molecule has 2 atom stereocenters. The van der Waals surface area contributed by atoms with Gasteiger partial charge in [-0.05, 0) is 26.3 Å². The van der Waals surface area contributed by atoms with Gasteiger partial charge in [-0.3, -0.25) is 0 Å². The lowest BCUT2D eigenvalue weighted by molar-refractivity contribution is 0.500. The maximum Gasteiger partial charge on any atom is 0.148 e. The summed E-state index contributed by atoms with van der Waals surface area (Å²) in [6, 6.07) is 8.36. The Kier molecular flexibility index (Phi) is 4.71. The van der Waals surface area contributed by atoms with Crippen molar-refractivity contribution in [3.8, 4) is 0 Å². The summed E-state index contributed by atoms with van der Waals surface area (Å²) in [4.78, 5) is 0. The van der Waals surface area contributed by atoms with E-state index in [0.717, 1.165) is 0 Å². The van der Waals surface area contributed by atoms with Crippen LogP contribution in [0.4, 0.5) is 0 Å². The molecule has 17 heavy (non-hydrogen) atoms. The Labute approximate surface area is 104 Å². The van der Waals surface area contributed by atoms with Gasteiger partial charge in [-0.15, -0.1) is 0 Å². The van der Waals surface area contributed by atoms with Gasteiger partial charge in [-0.25, -0.2) is 8.42 Å². The first kappa shape index (κ1) is 14.2. The third-order valence-electron chi connectivity index (χ3n) is 2.63. The molecule has 0 saturated heterocycles. The molecule has 0 amide bonds. The SMILES string of the molecule is Cc1cccc([C@H](C)NC(C)CS(C)(=O)=O)c1. The Morgan fingerprint density at radius 1 is 1.29 bits per heavy atom. The van der Waals surface area contributed by atoms with Gasteiger partial charge in [0.1, 0.15) is 9.84 Å². The summed E-state index contributed by atoms with van der Waals surface area (Å²) >= 11 is 0. The zero-order valence-electron chi connectivity index (χ0n) is 10.9. The monoisotopic (exact) mass is 255 g/mol. The van der Waals surface area contributed by atoms with Crippen molar-refractivity contribution in [2.24, 2.45) is 0 Å². The summed E-state index contributed by atoms with van der Waals surface area (Å²) in [6.45, 7) is 6.00. The van der Waals surface area contributed by atoms with Crippen molar-refractivity contribution in [1.29, 1.82) is 0 Å². The molecule has 1 aromatic rings. The van der Waals surface area contributed by atoms with Crippen molar-refractivity contribution >= 4 is 9.84 Å². The van der Waals surface area contributed by atoms with Crippen LogP contribution in [0.15, 0.2) is 24.3 Å². The molecule has 4 heteroatoms. The lowest BCUT2D eigenvalue weighted by Gasteiger charge is -2.20. The molecule has 1 aromatic carbocycles. The van der Waals surface area contributed by atoms with E-state index in [2.05, 4.69) is 30.4 Å². The smallest absolute Gasteiger partial charge is 0.148 e. The normalized spacial score (nSPS) is 15.5. The van der Waals surface area contributed by atoms with Gasteiger partial charge >= 0.3 is 0 Å². The molecule has 0 radical (unpaired) electrons. The molecule has 0 bridgehead atoms. The van der Waals surface area contributed by atoms with Gasteiger partial charge in [0.25, 0.3) is 0 Å². The summed E-state index contributed by atoms with van der Waals surface area (Å²) in [5.41, 5.74) is 2.40. The van der Waals surface area contributed by atoms with Crippen molar-refractivity contribution in [2.45, 2.75) is 32.9 Å². The van der Waals surface area contributed by atoms with Crippen LogP contribution in [-0.4, -0.2) is 26.5 Å². The lowest BCUT2D eigenvalue weighted by atomic mass is 10.1. The highest BCUT2D eigenvalue weighted by Gasteiger charge is 2.13. The fourth-order valence-corrected chi connectivity index (χ4v) is 2.97. The van der Waals surface area contributed by atoms with Crippen LogP contribution in [0.1, 0.15) is 31.0 Å². The Balaban J connectivity index is 2.63. The number of nitrogens with one attached hydrogen (secondary N) is 1. The number of benzene rings is 1. The van der Waals surface area contributed by atoms with E-state index in [1.54, 1.807) is 0 Å². The van der Waals surface area contributed by atoms with Gasteiger partial charge in [-0.2, -0.15) is 0 Å². The highest BCUT2D eigenvalue weighted by Crippen LogP contribution is 2.14. The third kappa shape index (κ3) is 5.33. The third-order valence-corrected chi connectivity index (χ3v) is 3.73. The van der Waals surface area contributed by atoms with Crippen molar-refractivity contribution in [3.05, 3.63) is 35.4 Å². The maximum atomic E-state index is 11.2. The zero-order chi connectivity index (χ0) is 13.1. The molecule has 0 fully saturated rings. The standard InChI is InChI=1S/C13H21NO2S/c1-10-6-5-7-13(8-10)12(3)14-11(2)9-17(4,15)16/h5-8,11-12,14H,9H2,1-4H3/t11?,12-/m0/s1. The largest absolute Gasteiger partial charge is 0.307 e. The van der Waals surface area contributed by atoms with Gasteiger partial charge in [0.2, 0.25) is 0 Å². The van der Waals surface area contributed by atoms with Crippen LogP contribution in [0.2, 0.25) is 0 Å². The molecule has 0 saturated carbocycles. The minimum atomic E-state index is -2.92. The molecule has 0 heterocycles. The van der Waals surface area contributed by atoms with Crippen LogP contribution in [0.3, 0.4) is 0 Å². The Morgan fingerprint density at radius 2 is 1.94 bits per heavy atom. The summed E-state index contributed by atoms with van der Waals surface area (Å²) in [6.07, 6.45) is 1.27. The quantitative estimate of drug-likeness (QED) is 0.876. The van der Waals surface area contributed by atoms with E-state index in [4.69, 9.17) is 0 Å². The van der Waals surface area contributed by atoms with Gasteiger partial charge in [0.05, 0.1) is 5.75 Å². The average molecular weight is 255 g/mol. The first-order chi connectivity index (χ1) is 7.78. The van der Waals surface area contributed by atoms with Gasteiger partial charge in [0, 0.05) is 18.3 Å². The van der Waals surface area contributed by atoms with E-state index in [1.807, 2.05) is 19.9 Å². The van der Waals surface area contributed by atoms with Crippen molar-refractivity contribution in [3.63, 3.8) is 0 Å². The topological polar surface area (TPSA) is 46.2 Å². The Morgan fingerprint density at radius 3 is 2.47 bits per heavy atom. The Hall–Kier alpha value is -0.870. The van der Waals surface area contributed by atoms with E-state index in [-0.39, 0.29) is 17.8 Å². The summed E-state index contributed by atoms with van der Waals surface area (Å²) in [7, 11) is -2.92. The first-order valence-electron chi connectivity index (χ1n) is 5.78. The van der Waals surface area contributed by atoms with E-state index in [1.165, 1.54) is 17.4 Å². The molecule has 3 nitrogen and oxygen atoms in total. The molecule has 1 unspecified atom stereocenters. The molecule has 1 N–H and O–H groups in total. The molecule has 0 spiro atoms. The van der Waals surface area contributed by atoms with Gasteiger partial charge in [-0.1, -0.05) is 29.8 Å². The predicted molar refractivity (Wildman–Crippen MR) is 71.9 cm³/mol. The molecular formula is C13H21NO2S. The van der Waals surface area contributed by atoms with Crippen LogP contribution < -0.4 is 5.32 Å². The maximum absolute atomic E-state index is 11.2. The van der Waals surface area contributed by atoms with Crippen LogP contribution in [0.5, 0.6) is 0 Å². The minimum Gasteiger partial charge on any atom is -0.307 e. The number of rotatable bonds is 5. The molecule has 0 aliphatic heterocycles. The molecule has 1 rings (SSSR count). The molecule has 0 aliphatic rings. The van der Waals surface area contributed by atoms with Crippen molar-refractivity contribution < 1.29 is 8.42 Å². The highest BCUT2D eigenvalue weighted by molar-refractivity contribution is 7.90. The van der Waals surface area contributed by atoms with Crippen LogP contribution >= 0.6 is 0 Å². The van der Waals surface area contributed by atoms with Gasteiger partial charge < -0.3 is 5.32 Å². The Bertz CT molecular complexity index is 468. The fourth-order valence-electron chi connectivity index (χ4n) is 1.96. The van der Waals surface area contributed by atoms with E-state index in [9.17, 15) is 8.42 Å². The summed E-state index contributed by atoms with van der Waals surface area (Å²) < 4.78 is 22.3. The summed E-state index contributed by atoms with van der Waals surface area (Å²) in [5.74, 6) is 0.170. The fraction of sp³-hybridized carbons (Fsp3) is 0.538. The highest BCUT2D eigenvalue weighted by atomic mass is 32.2. The van der Waals surface area contributed by atoms with Crippen LogP contribution in [-0.2, 0) is 9.84 Å². The predicted octanol–water partition coefficient (Wildman–Crippen LogP) is 2.08. The van der Waals surface area contributed by atoms with E-state index in [0.29, 0.717) is 0 Å². The number of hydrogen-bond donors (Lipinski definition) is 1. The zero-order valence-corrected chi connectivity index (χ0v) is 11.7. The lowest BCUT2D eigenvalue weighted by Crippen LogP contribution is -2.34. The molecule has 0 aliphatic carbocycles. The summed E-state index contributed by atoms with van der Waals surface area (Å²) in [5, 5.41) is 3.30. The number of sulfone groups is 1. The molecular weight excluding hydrogens is 234 g/mol. The first-order valence-corrected chi connectivity index (χ1v) is 7.84. The van der Waals surface area contributed by atoms with Crippen molar-refractivity contribution in [2.75, 3.05) is 12.0 Å². The van der Waals surface area contributed by atoms with Crippen LogP contribution in [0.25, 0.3) is 0 Å². The average Bonchev–Trinajstić information content (AvgIpc) is 2.14. The molecule has 0 aromatic heterocycles. The van der Waals surface area contributed by atoms with Gasteiger partial charge in [0.15, 0.2) is 0 Å².